The van der Waals surface area contributed by atoms with Crippen molar-refractivity contribution in [2.24, 2.45) is 0 Å². The van der Waals surface area contributed by atoms with Crippen LogP contribution in [0.4, 0.5) is 17.1 Å². The van der Waals surface area contributed by atoms with Crippen LogP contribution in [-0.2, 0) is 11.4 Å². The smallest absolute Gasteiger partial charge is 0.248 e. The van der Waals surface area contributed by atoms with E-state index in [4.69, 9.17) is 21.1 Å². The zero-order chi connectivity index (χ0) is 27.8. The van der Waals surface area contributed by atoms with Crippen molar-refractivity contribution in [3.63, 3.8) is 0 Å². The van der Waals surface area contributed by atoms with Gasteiger partial charge in [0.05, 0.1) is 34.1 Å². The summed E-state index contributed by atoms with van der Waals surface area (Å²) in [5.74, 6) is 0.753. The van der Waals surface area contributed by atoms with Crippen molar-refractivity contribution in [1.29, 1.82) is 5.26 Å². The number of nitrogens with one attached hydrogen (secondary N) is 2. The molecule has 39 heavy (non-hydrogen) atoms. The highest BCUT2D eigenvalue weighted by atomic mass is 35.5. The normalized spacial score (nSPS) is 11.1. The summed E-state index contributed by atoms with van der Waals surface area (Å²) in [6, 6.07) is 15.0. The largest absolute Gasteiger partial charge is 0.492 e. The van der Waals surface area contributed by atoms with Gasteiger partial charge in [-0.3, -0.25) is 9.78 Å². The van der Waals surface area contributed by atoms with Gasteiger partial charge in [-0.05, 0) is 56.7 Å². The molecule has 0 radical (unpaired) electrons. The third-order valence-corrected chi connectivity index (χ3v) is 6.68. The van der Waals surface area contributed by atoms with E-state index in [1.165, 1.54) is 12.3 Å². The lowest BCUT2D eigenvalue weighted by molar-refractivity contribution is -0.111. The Kier molecular flexibility index (Phi) is 9.39. The summed E-state index contributed by atoms with van der Waals surface area (Å²) in [6.07, 6.45) is 4.76. The van der Waals surface area contributed by atoms with Crippen molar-refractivity contribution in [2.75, 3.05) is 37.9 Å². The van der Waals surface area contributed by atoms with Gasteiger partial charge >= 0.3 is 0 Å². The van der Waals surface area contributed by atoms with Gasteiger partial charge in [0.1, 0.15) is 24.2 Å². The maximum atomic E-state index is 12.6. The number of fused-ring (bicyclic) bond motifs is 1. The van der Waals surface area contributed by atoms with Crippen molar-refractivity contribution in [2.45, 2.75) is 13.5 Å². The highest BCUT2D eigenvalue weighted by Gasteiger charge is 2.16. The number of nitrogens with zero attached hydrogens (tertiary/aromatic N) is 3. The maximum Gasteiger partial charge on any atom is 0.248 e. The second kappa shape index (κ2) is 13.1. The number of anilines is 3. The van der Waals surface area contributed by atoms with Crippen molar-refractivity contribution < 1.29 is 14.3 Å². The van der Waals surface area contributed by atoms with E-state index < -0.39 is 0 Å². The van der Waals surface area contributed by atoms with Gasteiger partial charge in [-0.15, -0.1) is 11.3 Å². The van der Waals surface area contributed by atoms with E-state index in [1.54, 1.807) is 41.7 Å². The van der Waals surface area contributed by atoms with Gasteiger partial charge in [-0.25, -0.2) is 0 Å². The summed E-state index contributed by atoms with van der Waals surface area (Å²) in [4.78, 5) is 20.1. The highest BCUT2D eigenvalue weighted by Crippen LogP contribution is 2.37. The Balaban J connectivity index is 1.65. The molecule has 8 nitrogen and oxygen atoms in total. The van der Waals surface area contributed by atoms with E-state index in [-0.39, 0.29) is 5.91 Å². The van der Waals surface area contributed by atoms with Crippen LogP contribution in [0.15, 0.2) is 66.2 Å². The third kappa shape index (κ3) is 7.27. The Hall–Kier alpha value is -4.10. The molecule has 4 aromatic rings. The van der Waals surface area contributed by atoms with Gasteiger partial charge in [0, 0.05) is 40.8 Å². The van der Waals surface area contributed by atoms with Gasteiger partial charge in [0.2, 0.25) is 5.91 Å². The number of pyridine rings is 1. The monoisotopic (exact) mass is 561 g/mol. The number of aromatic nitrogens is 1. The standard InChI is InChI=1S/C29H28ClN5O3S/c1-4-37-27-15-24-22(14-25(27)34-28(36)8-5-11-35(2)3)29(19(16-31)17-32-24)33-20-9-10-26(23(30)13-20)38-18-21-7-6-12-39-21/h5-10,12-15,17H,4,11,18H2,1-3H3,(H,32,33)(H,34,36). The van der Waals surface area contributed by atoms with E-state index in [0.29, 0.717) is 69.8 Å². The molecule has 10 heteroatoms. The number of rotatable bonds is 11. The first-order valence-corrected chi connectivity index (χ1v) is 13.5. The lowest BCUT2D eigenvalue weighted by atomic mass is 10.1. The number of thiophene rings is 1. The Labute approximate surface area is 236 Å². The second-order valence-electron chi connectivity index (χ2n) is 8.75. The summed E-state index contributed by atoms with van der Waals surface area (Å²) in [5.41, 5.74) is 2.61. The van der Waals surface area contributed by atoms with Crippen molar-refractivity contribution in [3.8, 4) is 17.6 Å². The molecule has 1 amide bonds. The van der Waals surface area contributed by atoms with Gasteiger partial charge in [0.25, 0.3) is 0 Å². The maximum absolute atomic E-state index is 12.6. The fourth-order valence-corrected chi connectivity index (χ4v) is 4.59. The average Bonchev–Trinajstić information content (AvgIpc) is 3.42. The molecule has 0 aliphatic carbocycles. The summed E-state index contributed by atoms with van der Waals surface area (Å²) in [5, 5.41) is 19.1. The fraction of sp³-hybridized carbons (Fsp3) is 0.207. The number of carbonyl (C=O) groups excluding carboxylic acids is 1. The van der Waals surface area contributed by atoms with Crippen LogP contribution >= 0.6 is 22.9 Å². The molecular formula is C29H28ClN5O3S. The Morgan fingerprint density at radius 2 is 2.05 bits per heavy atom. The van der Waals surface area contributed by atoms with Crippen molar-refractivity contribution in [1.82, 2.24) is 9.88 Å². The molecule has 0 unspecified atom stereocenters. The molecule has 2 heterocycles. The van der Waals surface area contributed by atoms with Gasteiger partial charge < -0.3 is 25.0 Å². The first kappa shape index (κ1) is 27.9. The number of ether oxygens (including phenoxy) is 2. The molecule has 0 aliphatic heterocycles. The number of halogens is 1. The molecule has 0 aliphatic rings. The summed E-state index contributed by atoms with van der Waals surface area (Å²) in [7, 11) is 3.85. The molecule has 0 spiro atoms. The highest BCUT2D eigenvalue weighted by molar-refractivity contribution is 7.09. The molecule has 0 fully saturated rings. The molecule has 2 aromatic heterocycles. The molecule has 0 atom stereocenters. The molecule has 200 valence electrons. The van der Waals surface area contributed by atoms with E-state index in [9.17, 15) is 10.1 Å². The second-order valence-corrected chi connectivity index (χ2v) is 10.2. The average molecular weight is 562 g/mol. The minimum Gasteiger partial charge on any atom is -0.492 e. The lowest BCUT2D eigenvalue weighted by Gasteiger charge is -2.16. The first-order chi connectivity index (χ1) is 18.9. The molecule has 0 bridgehead atoms. The van der Waals surface area contributed by atoms with E-state index >= 15 is 0 Å². The number of nitriles is 1. The van der Waals surface area contributed by atoms with Crippen LogP contribution in [0.25, 0.3) is 10.9 Å². The molecule has 2 aromatic carbocycles. The first-order valence-electron chi connectivity index (χ1n) is 12.2. The molecule has 0 saturated carbocycles. The minimum atomic E-state index is -0.291. The molecular weight excluding hydrogens is 534 g/mol. The zero-order valence-corrected chi connectivity index (χ0v) is 23.4. The predicted octanol–water partition coefficient (Wildman–Crippen LogP) is 6.60. The number of amides is 1. The minimum absolute atomic E-state index is 0.291. The quantitative estimate of drug-likeness (QED) is 0.199. The summed E-state index contributed by atoms with van der Waals surface area (Å²) < 4.78 is 11.6. The van der Waals surface area contributed by atoms with Crippen LogP contribution in [0, 0.1) is 11.3 Å². The summed E-state index contributed by atoms with van der Waals surface area (Å²) >= 11 is 8.13. The van der Waals surface area contributed by atoms with Crippen molar-refractivity contribution >= 4 is 56.8 Å². The number of hydrogen-bond donors (Lipinski definition) is 2. The Morgan fingerprint density at radius 1 is 1.21 bits per heavy atom. The lowest BCUT2D eigenvalue weighted by Crippen LogP contribution is -2.13. The number of carbonyl (C=O) groups is 1. The van der Waals surface area contributed by atoms with Crippen LogP contribution in [0.5, 0.6) is 11.5 Å². The predicted molar refractivity (Wildman–Crippen MR) is 157 cm³/mol. The van der Waals surface area contributed by atoms with Gasteiger partial charge in [-0.2, -0.15) is 5.26 Å². The molecule has 0 saturated heterocycles. The number of benzene rings is 2. The van der Waals surface area contributed by atoms with Crippen molar-refractivity contribution in [3.05, 3.63) is 81.7 Å². The van der Waals surface area contributed by atoms with Crippen LogP contribution in [-0.4, -0.2) is 43.0 Å². The van der Waals surface area contributed by atoms with Gasteiger partial charge in [-0.1, -0.05) is 23.7 Å². The van der Waals surface area contributed by atoms with E-state index in [1.807, 2.05) is 49.5 Å². The van der Waals surface area contributed by atoms with Crippen LogP contribution < -0.4 is 20.1 Å². The molecule has 2 N–H and O–H groups in total. The summed E-state index contributed by atoms with van der Waals surface area (Å²) in [6.45, 7) is 3.33. The number of hydrogen-bond acceptors (Lipinski definition) is 8. The van der Waals surface area contributed by atoms with Crippen LogP contribution in [0.3, 0.4) is 0 Å². The Bertz CT molecular complexity index is 1530. The zero-order valence-electron chi connectivity index (χ0n) is 21.8. The van der Waals surface area contributed by atoms with E-state index in [0.717, 1.165) is 4.88 Å². The fourth-order valence-electron chi connectivity index (χ4n) is 3.74. The van der Waals surface area contributed by atoms with Crippen LogP contribution in [0.1, 0.15) is 17.4 Å². The van der Waals surface area contributed by atoms with Crippen LogP contribution in [0.2, 0.25) is 5.02 Å². The van der Waals surface area contributed by atoms with Gasteiger partial charge in [0.15, 0.2) is 0 Å². The number of likely N-dealkylation sites (N-methyl/N-ethyl adjacent to an activating group) is 1. The third-order valence-electron chi connectivity index (χ3n) is 5.54. The topological polar surface area (TPSA) is 99.5 Å². The molecule has 4 rings (SSSR count). The Morgan fingerprint density at radius 3 is 2.74 bits per heavy atom. The van der Waals surface area contributed by atoms with E-state index in [2.05, 4.69) is 21.7 Å². The SMILES string of the molecule is CCOc1cc2ncc(C#N)c(Nc3ccc(OCc4cccs4)c(Cl)c3)c2cc1NC(=O)C=CCN(C)C.